The average molecular weight is 422 g/mol. The molecule has 162 valence electrons. The Labute approximate surface area is 174 Å². The number of aryl methyl sites for hydroxylation is 1. The number of halogens is 3. The maximum Gasteiger partial charge on any atom is 0.573 e. The summed E-state index contributed by atoms with van der Waals surface area (Å²) in [6.07, 6.45) is -1.97. The standard InChI is InChI=1S/C23H25F3O4/c1-22(2,3)30-21(28)18-11-9-17(10-12-18)19(15-27)6-4-5-16-7-13-20(14-8-16)29-23(24,25)26/h7-15,19H,4-6H2,1-3H3. The molecule has 0 spiro atoms. The molecule has 4 nitrogen and oxygen atoms in total. The first-order valence-electron chi connectivity index (χ1n) is 9.60. The van der Waals surface area contributed by atoms with E-state index in [1.807, 2.05) is 0 Å². The number of esters is 1. The molecular formula is C23H25F3O4. The topological polar surface area (TPSA) is 52.6 Å². The quantitative estimate of drug-likeness (QED) is 0.396. The first kappa shape index (κ1) is 23.4. The van der Waals surface area contributed by atoms with E-state index in [4.69, 9.17) is 4.74 Å². The van der Waals surface area contributed by atoms with Crippen molar-refractivity contribution in [3.63, 3.8) is 0 Å². The predicted octanol–water partition coefficient (Wildman–Crippen LogP) is 5.85. The summed E-state index contributed by atoms with van der Waals surface area (Å²) in [5.41, 5.74) is 1.48. The Morgan fingerprint density at radius 1 is 1.00 bits per heavy atom. The Balaban J connectivity index is 1.90. The number of aldehydes is 1. The number of carbonyl (C=O) groups excluding carboxylic acids is 2. The molecule has 2 aromatic carbocycles. The minimum atomic E-state index is -4.71. The molecule has 7 heteroatoms. The van der Waals surface area contributed by atoms with Crippen molar-refractivity contribution >= 4 is 12.3 Å². The zero-order valence-corrected chi connectivity index (χ0v) is 17.2. The molecule has 2 aromatic rings. The van der Waals surface area contributed by atoms with Crippen LogP contribution in [0.4, 0.5) is 13.2 Å². The molecule has 0 aliphatic rings. The van der Waals surface area contributed by atoms with Crippen molar-refractivity contribution in [2.24, 2.45) is 0 Å². The van der Waals surface area contributed by atoms with Gasteiger partial charge in [-0.1, -0.05) is 24.3 Å². The van der Waals surface area contributed by atoms with E-state index < -0.39 is 17.9 Å². The third kappa shape index (κ3) is 7.89. The second-order valence-electron chi connectivity index (χ2n) is 7.95. The Morgan fingerprint density at radius 2 is 1.60 bits per heavy atom. The molecule has 1 atom stereocenters. The van der Waals surface area contributed by atoms with Crippen LogP contribution in [0.15, 0.2) is 48.5 Å². The van der Waals surface area contributed by atoms with E-state index in [1.165, 1.54) is 12.1 Å². The summed E-state index contributed by atoms with van der Waals surface area (Å²) >= 11 is 0. The maximum absolute atomic E-state index is 12.2. The molecule has 0 fully saturated rings. The second kappa shape index (κ2) is 9.78. The fourth-order valence-corrected chi connectivity index (χ4v) is 2.90. The highest BCUT2D eigenvalue weighted by atomic mass is 19.4. The molecule has 0 aromatic heterocycles. The fourth-order valence-electron chi connectivity index (χ4n) is 2.90. The average Bonchev–Trinajstić information content (AvgIpc) is 2.64. The van der Waals surface area contributed by atoms with Gasteiger partial charge in [0.15, 0.2) is 0 Å². The molecule has 0 heterocycles. The van der Waals surface area contributed by atoms with Crippen molar-refractivity contribution in [3.05, 3.63) is 65.2 Å². The van der Waals surface area contributed by atoms with E-state index in [9.17, 15) is 22.8 Å². The van der Waals surface area contributed by atoms with Gasteiger partial charge in [0.1, 0.15) is 17.6 Å². The largest absolute Gasteiger partial charge is 0.573 e. The first-order valence-corrected chi connectivity index (χ1v) is 9.60. The number of hydrogen-bond donors (Lipinski definition) is 0. The van der Waals surface area contributed by atoms with E-state index in [0.717, 1.165) is 17.4 Å². The third-order valence-electron chi connectivity index (χ3n) is 4.28. The maximum atomic E-state index is 12.2. The lowest BCUT2D eigenvalue weighted by Gasteiger charge is -2.19. The molecule has 1 unspecified atom stereocenters. The van der Waals surface area contributed by atoms with Crippen molar-refractivity contribution in [3.8, 4) is 5.75 Å². The van der Waals surface area contributed by atoms with Crippen LogP contribution in [0.1, 0.15) is 61.0 Å². The van der Waals surface area contributed by atoms with Crippen molar-refractivity contribution < 1.29 is 32.2 Å². The Kier molecular flexibility index (Phi) is 7.65. The van der Waals surface area contributed by atoms with E-state index in [2.05, 4.69) is 4.74 Å². The molecule has 0 aliphatic carbocycles. The fraction of sp³-hybridized carbons (Fsp3) is 0.391. The third-order valence-corrected chi connectivity index (χ3v) is 4.28. The van der Waals surface area contributed by atoms with E-state index in [1.54, 1.807) is 57.2 Å². The number of ether oxygens (including phenoxy) is 2. The van der Waals surface area contributed by atoms with Crippen LogP contribution < -0.4 is 4.74 Å². The SMILES string of the molecule is CC(C)(C)OC(=O)c1ccc(C(C=O)CCCc2ccc(OC(F)(F)F)cc2)cc1. The highest BCUT2D eigenvalue weighted by Crippen LogP contribution is 2.25. The normalized spacial score (nSPS) is 12.9. The van der Waals surface area contributed by atoms with Crippen LogP contribution in [-0.2, 0) is 16.0 Å². The van der Waals surface area contributed by atoms with Crippen molar-refractivity contribution in [2.45, 2.75) is 57.9 Å². The monoisotopic (exact) mass is 422 g/mol. The van der Waals surface area contributed by atoms with Crippen molar-refractivity contribution in [1.29, 1.82) is 0 Å². The summed E-state index contributed by atoms with van der Waals surface area (Å²) in [6, 6.07) is 12.5. The summed E-state index contributed by atoms with van der Waals surface area (Å²) in [6.45, 7) is 5.37. The minimum Gasteiger partial charge on any atom is -0.456 e. The molecule has 30 heavy (non-hydrogen) atoms. The molecule has 0 amide bonds. The zero-order valence-electron chi connectivity index (χ0n) is 17.2. The number of alkyl halides is 3. The molecule has 0 saturated carbocycles. The van der Waals surface area contributed by atoms with E-state index >= 15 is 0 Å². The lowest BCUT2D eigenvalue weighted by Crippen LogP contribution is -2.23. The van der Waals surface area contributed by atoms with Gasteiger partial charge in [-0.2, -0.15) is 0 Å². The Bertz CT molecular complexity index is 835. The molecular weight excluding hydrogens is 397 g/mol. The van der Waals surface area contributed by atoms with E-state index in [-0.39, 0.29) is 11.7 Å². The highest BCUT2D eigenvalue weighted by Gasteiger charge is 2.30. The molecule has 0 radical (unpaired) electrons. The number of carbonyl (C=O) groups is 2. The summed E-state index contributed by atoms with van der Waals surface area (Å²) in [4.78, 5) is 23.6. The second-order valence-corrected chi connectivity index (χ2v) is 7.95. The van der Waals surface area contributed by atoms with Gasteiger partial charge in [-0.3, -0.25) is 0 Å². The van der Waals surface area contributed by atoms with Gasteiger partial charge in [-0.15, -0.1) is 13.2 Å². The molecule has 0 saturated heterocycles. The predicted molar refractivity (Wildman–Crippen MR) is 106 cm³/mol. The summed E-state index contributed by atoms with van der Waals surface area (Å²) in [5.74, 6) is -1.01. The first-order chi connectivity index (χ1) is 14.0. The van der Waals surface area contributed by atoms with Gasteiger partial charge in [-0.25, -0.2) is 4.79 Å². The lowest BCUT2D eigenvalue weighted by molar-refractivity contribution is -0.274. The van der Waals surface area contributed by atoms with Crippen LogP contribution in [0, 0.1) is 0 Å². The van der Waals surface area contributed by atoms with E-state index in [0.29, 0.717) is 24.8 Å². The molecule has 0 N–H and O–H groups in total. The van der Waals surface area contributed by atoms with Crippen LogP contribution in [0.3, 0.4) is 0 Å². The Hall–Kier alpha value is -2.83. The Morgan fingerprint density at radius 3 is 2.10 bits per heavy atom. The molecule has 2 rings (SSSR count). The zero-order chi connectivity index (χ0) is 22.4. The van der Waals surface area contributed by atoms with Gasteiger partial charge in [0.25, 0.3) is 0 Å². The van der Waals surface area contributed by atoms with Gasteiger partial charge in [0, 0.05) is 5.92 Å². The van der Waals surface area contributed by atoms with Crippen LogP contribution >= 0.6 is 0 Å². The van der Waals surface area contributed by atoms with Gasteiger partial charge in [0.2, 0.25) is 0 Å². The van der Waals surface area contributed by atoms with Gasteiger partial charge < -0.3 is 14.3 Å². The summed E-state index contributed by atoms with van der Waals surface area (Å²) in [5, 5.41) is 0. The van der Waals surface area contributed by atoms with Crippen molar-refractivity contribution in [2.75, 3.05) is 0 Å². The minimum absolute atomic E-state index is 0.262. The van der Waals surface area contributed by atoms with Crippen molar-refractivity contribution in [1.82, 2.24) is 0 Å². The molecule has 0 bridgehead atoms. The molecule has 0 aliphatic heterocycles. The number of benzene rings is 2. The van der Waals surface area contributed by atoms with Crippen LogP contribution in [-0.4, -0.2) is 24.2 Å². The van der Waals surface area contributed by atoms with Crippen LogP contribution in [0.2, 0.25) is 0 Å². The number of hydrogen-bond acceptors (Lipinski definition) is 4. The van der Waals surface area contributed by atoms with Crippen LogP contribution in [0.25, 0.3) is 0 Å². The summed E-state index contributed by atoms with van der Waals surface area (Å²) < 4.78 is 45.8. The van der Waals surface area contributed by atoms with Gasteiger partial charge in [0.05, 0.1) is 5.56 Å². The van der Waals surface area contributed by atoms with Crippen LogP contribution in [0.5, 0.6) is 5.75 Å². The van der Waals surface area contributed by atoms with Gasteiger partial charge in [-0.05, 0) is 75.4 Å². The highest BCUT2D eigenvalue weighted by molar-refractivity contribution is 5.89. The lowest BCUT2D eigenvalue weighted by atomic mass is 9.93. The smallest absolute Gasteiger partial charge is 0.456 e. The number of rotatable bonds is 8. The van der Waals surface area contributed by atoms with Gasteiger partial charge >= 0.3 is 12.3 Å². The summed E-state index contributed by atoms with van der Waals surface area (Å²) in [7, 11) is 0.